The molecule has 1 amide bonds. The maximum absolute atomic E-state index is 12.8. The predicted molar refractivity (Wildman–Crippen MR) is 114 cm³/mol. The number of nitrogens with zero attached hydrogens (tertiary/aromatic N) is 4. The molecule has 0 unspecified atom stereocenters. The standard InChI is InChI=1S/C20H19N7O2S/c1-11(18(28)22-13-2-5-15-16(10-13)24-19(29)23-15)30-20-26-25-17(27(20)14-3-4-14)12-6-8-21-9-7-12/h2,5-11,14H,3-4H2,1H3,(H,22,28)(H2,23,24,29)/t11-/m1/s1. The summed E-state index contributed by atoms with van der Waals surface area (Å²) in [5, 5.41) is 12.0. The predicted octanol–water partition coefficient (Wildman–Crippen LogP) is 2.96. The summed E-state index contributed by atoms with van der Waals surface area (Å²) in [6.45, 7) is 1.84. The van der Waals surface area contributed by atoms with E-state index in [4.69, 9.17) is 0 Å². The molecule has 1 fully saturated rings. The number of nitrogens with one attached hydrogen (secondary N) is 3. The van der Waals surface area contributed by atoms with E-state index < -0.39 is 0 Å². The third-order valence-electron chi connectivity index (χ3n) is 4.95. The maximum Gasteiger partial charge on any atom is 0.323 e. The molecule has 1 aromatic carbocycles. The lowest BCUT2D eigenvalue weighted by Crippen LogP contribution is -2.23. The molecule has 10 heteroatoms. The van der Waals surface area contributed by atoms with E-state index in [9.17, 15) is 9.59 Å². The molecule has 0 aliphatic heterocycles. The van der Waals surface area contributed by atoms with Crippen molar-refractivity contribution >= 4 is 34.4 Å². The number of benzene rings is 1. The van der Waals surface area contributed by atoms with Gasteiger partial charge in [-0.05, 0) is 50.1 Å². The van der Waals surface area contributed by atoms with E-state index >= 15 is 0 Å². The lowest BCUT2D eigenvalue weighted by molar-refractivity contribution is -0.115. The number of carbonyl (C=O) groups excluding carboxylic acids is 1. The molecule has 9 nitrogen and oxygen atoms in total. The van der Waals surface area contributed by atoms with Gasteiger partial charge in [0.2, 0.25) is 5.91 Å². The van der Waals surface area contributed by atoms with Crippen LogP contribution in [-0.2, 0) is 4.79 Å². The first-order valence-electron chi connectivity index (χ1n) is 9.63. The van der Waals surface area contributed by atoms with Gasteiger partial charge >= 0.3 is 5.69 Å². The highest BCUT2D eigenvalue weighted by Gasteiger charge is 2.31. The highest BCUT2D eigenvalue weighted by atomic mass is 32.2. The first-order valence-corrected chi connectivity index (χ1v) is 10.5. The number of amides is 1. The molecule has 1 aliphatic rings. The van der Waals surface area contributed by atoms with Crippen molar-refractivity contribution in [3.8, 4) is 11.4 Å². The molecule has 1 aliphatic carbocycles. The number of anilines is 1. The van der Waals surface area contributed by atoms with E-state index in [1.807, 2.05) is 19.1 Å². The van der Waals surface area contributed by atoms with Crippen LogP contribution in [0, 0.1) is 0 Å². The fourth-order valence-corrected chi connectivity index (χ4v) is 4.20. The Labute approximate surface area is 175 Å². The largest absolute Gasteiger partial charge is 0.325 e. The van der Waals surface area contributed by atoms with Gasteiger partial charge in [-0.1, -0.05) is 11.8 Å². The highest BCUT2D eigenvalue weighted by molar-refractivity contribution is 8.00. The van der Waals surface area contributed by atoms with Gasteiger partial charge in [0, 0.05) is 29.7 Å². The topological polar surface area (TPSA) is 121 Å². The van der Waals surface area contributed by atoms with E-state index in [1.165, 1.54) is 11.8 Å². The Morgan fingerprint density at radius 1 is 1.17 bits per heavy atom. The molecule has 30 heavy (non-hydrogen) atoms. The first kappa shape index (κ1) is 18.6. The van der Waals surface area contributed by atoms with E-state index in [2.05, 4.69) is 35.0 Å². The Hall–Kier alpha value is -3.40. The van der Waals surface area contributed by atoms with Crippen molar-refractivity contribution in [3.63, 3.8) is 0 Å². The summed E-state index contributed by atoms with van der Waals surface area (Å²) in [5.41, 5.74) is 2.65. The third kappa shape index (κ3) is 3.61. The average Bonchev–Trinajstić information content (AvgIpc) is 3.39. The molecule has 4 aromatic rings. The molecule has 1 saturated carbocycles. The smallest absolute Gasteiger partial charge is 0.323 e. The molecule has 3 heterocycles. The van der Waals surface area contributed by atoms with Crippen LogP contribution in [0.2, 0.25) is 0 Å². The number of imidazole rings is 1. The molecular formula is C20H19N7O2S. The first-order chi connectivity index (χ1) is 14.6. The SMILES string of the molecule is C[C@@H](Sc1nnc(-c2ccncc2)n1C1CC1)C(=O)Nc1ccc2[nH]c(=O)[nH]c2c1. The molecule has 3 N–H and O–H groups in total. The van der Waals surface area contributed by atoms with Crippen LogP contribution in [0.1, 0.15) is 25.8 Å². The van der Waals surface area contributed by atoms with Crippen LogP contribution in [0.5, 0.6) is 0 Å². The molecule has 0 spiro atoms. The number of hydrogen-bond acceptors (Lipinski definition) is 6. The van der Waals surface area contributed by atoms with Crippen molar-refractivity contribution in [1.82, 2.24) is 29.7 Å². The van der Waals surface area contributed by atoms with Gasteiger partial charge in [-0.15, -0.1) is 10.2 Å². The van der Waals surface area contributed by atoms with Crippen molar-refractivity contribution < 1.29 is 4.79 Å². The van der Waals surface area contributed by atoms with Crippen LogP contribution in [0.25, 0.3) is 22.4 Å². The van der Waals surface area contributed by atoms with Crippen molar-refractivity contribution in [2.24, 2.45) is 0 Å². The molecule has 152 valence electrons. The van der Waals surface area contributed by atoms with Crippen molar-refractivity contribution in [1.29, 1.82) is 0 Å². The van der Waals surface area contributed by atoms with Gasteiger partial charge < -0.3 is 15.3 Å². The van der Waals surface area contributed by atoms with Crippen LogP contribution in [0.15, 0.2) is 52.7 Å². The van der Waals surface area contributed by atoms with Gasteiger partial charge in [0.1, 0.15) is 0 Å². The molecule has 1 atom stereocenters. The summed E-state index contributed by atoms with van der Waals surface area (Å²) >= 11 is 1.39. The molecular weight excluding hydrogens is 402 g/mol. The lowest BCUT2D eigenvalue weighted by atomic mass is 10.2. The van der Waals surface area contributed by atoms with Gasteiger partial charge in [0.25, 0.3) is 0 Å². The van der Waals surface area contributed by atoms with Gasteiger partial charge in [-0.2, -0.15) is 0 Å². The fourth-order valence-electron chi connectivity index (χ4n) is 3.28. The third-order valence-corrected chi connectivity index (χ3v) is 6.01. The monoisotopic (exact) mass is 421 g/mol. The lowest BCUT2D eigenvalue weighted by Gasteiger charge is -2.13. The number of rotatable bonds is 6. The highest BCUT2D eigenvalue weighted by Crippen LogP contribution is 2.41. The second kappa shape index (κ2) is 7.45. The summed E-state index contributed by atoms with van der Waals surface area (Å²) in [6, 6.07) is 9.44. The molecule has 5 rings (SSSR count). The molecule has 3 aromatic heterocycles. The Kier molecular flexibility index (Phi) is 4.62. The van der Waals surface area contributed by atoms with Gasteiger partial charge in [-0.3, -0.25) is 14.3 Å². The minimum absolute atomic E-state index is 0.145. The van der Waals surface area contributed by atoms with E-state index in [0.717, 1.165) is 29.4 Å². The zero-order valence-corrected chi connectivity index (χ0v) is 16.9. The number of aromatic amines is 2. The number of carbonyl (C=O) groups is 1. The Balaban J connectivity index is 1.34. The summed E-state index contributed by atoms with van der Waals surface area (Å²) in [4.78, 5) is 33.6. The van der Waals surface area contributed by atoms with Gasteiger partial charge in [0.15, 0.2) is 11.0 Å². The number of aromatic nitrogens is 6. The second-order valence-corrected chi connectivity index (χ2v) is 8.54. The summed E-state index contributed by atoms with van der Waals surface area (Å²) in [5.74, 6) is 0.657. The summed E-state index contributed by atoms with van der Waals surface area (Å²) in [6.07, 6.45) is 5.63. The summed E-state index contributed by atoms with van der Waals surface area (Å²) < 4.78 is 2.13. The van der Waals surface area contributed by atoms with Crippen molar-refractivity contribution in [2.75, 3.05) is 5.32 Å². The average molecular weight is 421 g/mol. The zero-order chi connectivity index (χ0) is 20.7. The van der Waals surface area contributed by atoms with Crippen molar-refractivity contribution in [3.05, 3.63) is 53.2 Å². The number of H-pyrrole nitrogens is 2. The number of hydrogen-bond donors (Lipinski definition) is 3. The van der Waals surface area contributed by atoms with Crippen molar-refractivity contribution in [2.45, 2.75) is 36.2 Å². The van der Waals surface area contributed by atoms with Crippen LogP contribution in [0.4, 0.5) is 5.69 Å². The molecule has 0 saturated heterocycles. The van der Waals surface area contributed by atoms with E-state index in [0.29, 0.717) is 22.8 Å². The Bertz CT molecular complexity index is 1270. The number of pyridine rings is 1. The van der Waals surface area contributed by atoms with Crippen LogP contribution in [-0.4, -0.2) is 40.9 Å². The quantitative estimate of drug-likeness (QED) is 0.412. The normalized spacial score (nSPS) is 14.7. The van der Waals surface area contributed by atoms with E-state index in [1.54, 1.807) is 30.6 Å². The maximum atomic E-state index is 12.8. The van der Waals surface area contributed by atoms with Crippen LogP contribution >= 0.6 is 11.8 Å². The van der Waals surface area contributed by atoms with Crippen LogP contribution in [0.3, 0.4) is 0 Å². The van der Waals surface area contributed by atoms with Gasteiger partial charge in [0.05, 0.1) is 16.3 Å². The second-order valence-electron chi connectivity index (χ2n) is 7.23. The Morgan fingerprint density at radius 2 is 1.93 bits per heavy atom. The number of thioether (sulfide) groups is 1. The minimum atomic E-state index is -0.377. The van der Waals surface area contributed by atoms with E-state index in [-0.39, 0.29) is 16.8 Å². The number of fused-ring (bicyclic) bond motifs is 1. The molecule has 0 radical (unpaired) electrons. The van der Waals surface area contributed by atoms with Gasteiger partial charge in [-0.25, -0.2) is 4.79 Å². The van der Waals surface area contributed by atoms with Crippen LogP contribution < -0.4 is 11.0 Å². The minimum Gasteiger partial charge on any atom is -0.325 e. The molecule has 0 bridgehead atoms. The zero-order valence-electron chi connectivity index (χ0n) is 16.1. The summed E-state index contributed by atoms with van der Waals surface area (Å²) in [7, 11) is 0. The Morgan fingerprint density at radius 3 is 2.70 bits per heavy atom. The fraction of sp³-hybridized carbons (Fsp3) is 0.250.